The molecule has 0 saturated heterocycles. The van der Waals surface area contributed by atoms with Crippen molar-refractivity contribution in [1.29, 1.82) is 0 Å². The van der Waals surface area contributed by atoms with E-state index in [9.17, 15) is 0 Å². The van der Waals surface area contributed by atoms with Crippen LogP contribution in [0.1, 0.15) is 25.3 Å². The quantitative estimate of drug-likeness (QED) is 0.123. The van der Waals surface area contributed by atoms with Crippen LogP contribution in [0.2, 0.25) is 34.5 Å². The van der Waals surface area contributed by atoms with Crippen LogP contribution in [0.25, 0.3) is 55.6 Å². The fourth-order valence-corrected chi connectivity index (χ4v) is 10.4. The van der Waals surface area contributed by atoms with Crippen molar-refractivity contribution in [3.8, 4) is 33.6 Å². The minimum atomic E-state index is -1.81. The maximum Gasteiger partial charge on any atom is 0 e. The summed E-state index contributed by atoms with van der Waals surface area (Å²) >= 11 is -3.52. The average Bonchev–Trinajstić information content (AvgIpc) is 3.46. The van der Waals surface area contributed by atoms with Crippen LogP contribution in [0.3, 0.4) is 0 Å². The Bertz CT molecular complexity index is 2160. The van der Waals surface area contributed by atoms with Crippen molar-refractivity contribution in [3.63, 3.8) is 0 Å². The van der Waals surface area contributed by atoms with Crippen LogP contribution in [0.15, 0.2) is 120 Å². The molecule has 0 unspecified atom stereocenters. The Morgan fingerprint density at radius 1 is 0.633 bits per heavy atom. The molecule has 0 saturated carbocycles. The third kappa shape index (κ3) is 8.54. The van der Waals surface area contributed by atoms with Gasteiger partial charge in [-0.15, -0.1) is 0 Å². The van der Waals surface area contributed by atoms with E-state index in [2.05, 4.69) is 143 Å². The molecule has 7 aromatic rings. The van der Waals surface area contributed by atoms with Gasteiger partial charge in [0.15, 0.2) is 0 Å². The van der Waals surface area contributed by atoms with Gasteiger partial charge in [-0.25, -0.2) is 0 Å². The maximum atomic E-state index is 6.42. The number of aromatic nitrogens is 2. The van der Waals surface area contributed by atoms with Crippen molar-refractivity contribution in [2.24, 2.45) is 0 Å². The summed E-state index contributed by atoms with van der Waals surface area (Å²) in [7, 11) is 0. The third-order valence-electron chi connectivity index (χ3n) is 8.84. The molecule has 0 aliphatic carbocycles. The summed E-state index contributed by atoms with van der Waals surface area (Å²) < 4.78 is 9.38. The fraction of sp³-hybridized carbons (Fsp3) is 0.209. The Morgan fingerprint density at radius 2 is 1.35 bits per heavy atom. The van der Waals surface area contributed by atoms with Crippen molar-refractivity contribution in [2.75, 3.05) is 0 Å². The van der Waals surface area contributed by atoms with Crippen molar-refractivity contribution in [2.45, 2.75) is 54.3 Å². The maximum absolute atomic E-state index is 6.42. The second-order valence-corrected chi connectivity index (χ2v) is 36.1. The minimum Gasteiger partial charge on any atom is 0 e. The molecule has 0 atom stereocenters. The molecule has 0 N–H and O–H groups in total. The topological polar surface area (TPSA) is 38.9 Å². The SMILES string of the molecule is CC(C)c1ccnc(-c2[c-]ccc3c2oc2cc(-c4cc[c]([Ge]([CH3])([CH3])[CH3])cc4)ccc23)c1.[CH3][Ge]([CH3])([CH3])[c]1ccc(-c2[c-]cccc2)nc1.[Ir]. The van der Waals surface area contributed by atoms with Crippen LogP contribution in [0, 0.1) is 12.1 Å². The summed E-state index contributed by atoms with van der Waals surface area (Å²) in [5.74, 6) is 14.9. The molecule has 49 heavy (non-hydrogen) atoms. The summed E-state index contributed by atoms with van der Waals surface area (Å²) in [6, 6.07) is 42.8. The van der Waals surface area contributed by atoms with Crippen LogP contribution < -0.4 is 8.79 Å². The molecule has 4 aromatic carbocycles. The molecule has 3 aromatic heterocycles. The Morgan fingerprint density at radius 3 is 1.98 bits per heavy atom. The van der Waals surface area contributed by atoms with Crippen LogP contribution >= 0.6 is 0 Å². The van der Waals surface area contributed by atoms with E-state index in [-0.39, 0.29) is 20.1 Å². The largest absolute Gasteiger partial charge is 0 e. The van der Waals surface area contributed by atoms with E-state index >= 15 is 0 Å². The Balaban J connectivity index is 0.000000233. The first-order valence-corrected chi connectivity index (χ1v) is 31.4. The van der Waals surface area contributed by atoms with Gasteiger partial charge >= 0.3 is 255 Å². The molecule has 3 heterocycles. The number of fused-ring (bicyclic) bond motifs is 3. The van der Waals surface area contributed by atoms with E-state index in [1.165, 1.54) is 25.5 Å². The second kappa shape index (κ2) is 15.3. The van der Waals surface area contributed by atoms with Crippen LogP contribution in [0.5, 0.6) is 0 Å². The molecule has 0 aliphatic rings. The average molecular weight is 942 g/mol. The molecule has 3 nitrogen and oxygen atoms in total. The van der Waals surface area contributed by atoms with Crippen molar-refractivity contribution >= 4 is 57.3 Å². The van der Waals surface area contributed by atoms with Gasteiger partial charge in [0.25, 0.3) is 0 Å². The predicted molar refractivity (Wildman–Crippen MR) is 210 cm³/mol. The van der Waals surface area contributed by atoms with Gasteiger partial charge in [-0.2, -0.15) is 0 Å². The van der Waals surface area contributed by atoms with Crippen LogP contribution in [-0.2, 0) is 20.1 Å². The number of benzene rings is 4. The van der Waals surface area contributed by atoms with Gasteiger partial charge < -0.3 is 0 Å². The summed E-state index contributed by atoms with van der Waals surface area (Å²) in [5, 5.41) is 2.23. The fourth-order valence-electron chi connectivity index (χ4n) is 5.77. The van der Waals surface area contributed by atoms with Crippen molar-refractivity contribution in [1.82, 2.24) is 9.97 Å². The number of nitrogens with zero attached hydrogens (tertiary/aromatic N) is 2. The molecule has 7 rings (SSSR count). The molecule has 0 fully saturated rings. The molecule has 1 radical (unpaired) electrons. The second-order valence-electron chi connectivity index (χ2n) is 14.8. The first-order valence-electron chi connectivity index (χ1n) is 16.8. The molecule has 0 aliphatic heterocycles. The van der Waals surface area contributed by atoms with E-state index in [1.807, 2.05) is 42.7 Å². The zero-order chi connectivity index (χ0) is 34.1. The zero-order valence-corrected chi connectivity index (χ0v) is 36.3. The molecule has 6 heteroatoms. The molecule has 0 spiro atoms. The van der Waals surface area contributed by atoms with Gasteiger partial charge in [-0.3, -0.25) is 0 Å². The molecule has 0 bridgehead atoms. The predicted octanol–water partition coefficient (Wildman–Crippen LogP) is 10.9. The number of hydrogen-bond acceptors (Lipinski definition) is 3. The van der Waals surface area contributed by atoms with E-state index in [1.54, 1.807) is 0 Å². The van der Waals surface area contributed by atoms with E-state index in [0.29, 0.717) is 5.92 Å². The number of hydrogen-bond donors (Lipinski definition) is 0. The molecule has 0 amide bonds. The van der Waals surface area contributed by atoms with Gasteiger partial charge in [0, 0.05) is 26.3 Å². The van der Waals surface area contributed by atoms with Crippen LogP contribution in [0.4, 0.5) is 0 Å². The van der Waals surface area contributed by atoms with Crippen molar-refractivity contribution in [3.05, 3.63) is 133 Å². The minimum absolute atomic E-state index is 0. The summed E-state index contributed by atoms with van der Waals surface area (Å²) in [4.78, 5) is 9.15. The number of pyridine rings is 2. The van der Waals surface area contributed by atoms with E-state index in [0.717, 1.165) is 44.5 Å². The Labute approximate surface area is 310 Å². The standard InChI is InChI=1S/C29H28GeNO.C14H16GeN.Ir/c1-19(2)21-15-16-31-27(17-21)26-8-6-7-25-24-14-11-22(18-28(24)32-29(25)26)20-9-12-23(13-10-20)30(3,4)5;1-15(2,3)13-9-10-14(16-11-13)12-7-5-4-6-8-12;/h6-7,9-19H,1-5H3;4-7,9-11H,1-3H3;/q2*-1;. The number of furan rings is 1. The smallest absolute Gasteiger partial charge is 0 e. The third-order valence-corrected chi connectivity index (χ3v) is 17.4. The summed E-state index contributed by atoms with van der Waals surface area (Å²) in [5.41, 5.74) is 9.32. The molecular formula is C43H44Ge2IrN2O-2. The van der Waals surface area contributed by atoms with Gasteiger partial charge in [0.05, 0.1) is 0 Å². The van der Waals surface area contributed by atoms with Crippen molar-refractivity contribution < 1.29 is 24.5 Å². The molecular weight excluding hydrogens is 898 g/mol. The van der Waals surface area contributed by atoms with Gasteiger partial charge in [-0.1, -0.05) is 19.4 Å². The monoisotopic (exact) mass is 945 g/mol. The first-order chi connectivity index (χ1) is 22.9. The van der Waals surface area contributed by atoms with Gasteiger partial charge in [0.2, 0.25) is 0 Å². The Kier molecular flexibility index (Phi) is 11.6. The van der Waals surface area contributed by atoms with Gasteiger partial charge in [-0.05, 0) is 12.0 Å². The molecule has 251 valence electrons. The van der Waals surface area contributed by atoms with E-state index in [4.69, 9.17) is 4.42 Å². The summed E-state index contributed by atoms with van der Waals surface area (Å²) in [6.07, 6.45) is 3.92. The number of rotatable bonds is 6. The first kappa shape index (κ1) is 37.0. The van der Waals surface area contributed by atoms with E-state index < -0.39 is 26.5 Å². The zero-order valence-electron chi connectivity index (χ0n) is 29.7. The Hall–Kier alpha value is -3.28. The van der Waals surface area contributed by atoms with Gasteiger partial charge in [0.1, 0.15) is 0 Å². The normalized spacial score (nSPS) is 11.7. The summed E-state index contributed by atoms with van der Waals surface area (Å²) in [6.45, 7) is 4.40. The van der Waals surface area contributed by atoms with Crippen LogP contribution in [-0.4, -0.2) is 36.5 Å².